The highest BCUT2D eigenvalue weighted by atomic mass is 16.4. The van der Waals surface area contributed by atoms with Gasteiger partial charge in [-0.2, -0.15) is 0 Å². The minimum atomic E-state index is -1.66. The predicted molar refractivity (Wildman–Crippen MR) is 59.3 cm³/mol. The van der Waals surface area contributed by atoms with Crippen molar-refractivity contribution in [3.8, 4) is 5.75 Å². The maximum Gasteiger partial charge on any atom is 0.335 e. The number of aryl methyl sites for hydroxylation is 1. The molecule has 3 N–H and O–H groups in total. The number of carboxylic acid groups (broad SMARTS) is 1. The highest BCUT2D eigenvalue weighted by Crippen LogP contribution is 2.16. The van der Waals surface area contributed by atoms with E-state index in [4.69, 9.17) is 10.2 Å². The van der Waals surface area contributed by atoms with Crippen molar-refractivity contribution in [2.24, 2.45) is 0 Å². The molecule has 0 aliphatic heterocycles. The summed E-state index contributed by atoms with van der Waals surface area (Å²) in [6.45, 7) is 1.30. The molecule has 0 fully saturated rings. The number of aromatic hydroxyl groups is 1. The molecule has 88 valence electrons. The number of phenols is 1. The second-order valence-electron chi connectivity index (χ2n) is 4.10. The van der Waals surface area contributed by atoms with E-state index in [1.165, 1.54) is 6.92 Å². The summed E-state index contributed by atoms with van der Waals surface area (Å²) >= 11 is 0. The molecule has 0 aromatic heterocycles. The standard InChI is InChI=1S/C12H16O4/c1-12(16,11(14)15)8-2-3-9-4-6-10(13)7-5-9/h4-7,13,16H,2-3,8H2,1H3,(H,14,15). The van der Waals surface area contributed by atoms with E-state index in [-0.39, 0.29) is 12.2 Å². The summed E-state index contributed by atoms with van der Waals surface area (Å²) in [5.74, 6) is -0.987. The average molecular weight is 224 g/mol. The zero-order chi connectivity index (χ0) is 12.2. The summed E-state index contributed by atoms with van der Waals surface area (Å²) in [5.41, 5.74) is -0.643. The zero-order valence-electron chi connectivity index (χ0n) is 9.18. The first kappa shape index (κ1) is 12.5. The molecule has 16 heavy (non-hydrogen) atoms. The van der Waals surface area contributed by atoms with Crippen LogP contribution in [0.3, 0.4) is 0 Å². The van der Waals surface area contributed by atoms with Crippen LogP contribution in [0.25, 0.3) is 0 Å². The minimum Gasteiger partial charge on any atom is -0.508 e. The van der Waals surface area contributed by atoms with E-state index < -0.39 is 11.6 Å². The van der Waals surface area contributed by atoms with Gasteiger partial charge >= 0.3 is 5.97 Å². The van der Waals surface area contributed by atoms with Gasteiger partial charge in [-0.25, -0.2) is 4.79 Å². The molecule has 0 aliphatic carbocycles. The molecule has 0 saturated heterocycles. The van der Waals surface area contributed by atoms with Gasteiger partial charge in [0.2, 0.25) is 0 Å². The molecule has 1 rings (SSSR count). The molecule has 0 radical (unpaired) electrons. The van der Waals surface area contributed by atoms with Crippen LogP contribution in [0.1, 0.15) is 25.3 Å². The molecule has 4 heteroatoms. The summed E-state index contributed by atoms with van der Waals surface area (Å²) in [7, 11) is 0. The highest BCUT2D eigenvalue weighted by molar-refractivity contribution is 5.76. The summed E-state index contributed by atoms with van der Waals surface area (Å²) in [6, 6.07) is 6.74. The fourth-order valence-corrected chi connectivity index (χ4v) is 1.41. The van der Waals surface area contributed by atoms with Crippen molar-refractivity contribution in [3.05, 3.63) is 29.8 Å². The smallest absolute Gasteiger partial charge is 0.335 e. The highest BCUT2D eigenvalue weighted by Gasteiger charge is 2.28. The number of phenolic OH excluding ortho intramolecular Hbond substituents is 1. The van der Waals surface area contributed by atoms with Crippen LogP contribution in [-0.4, -0.2) is 26.9 Å². The van der Waals surface area contributed by atoms with Crippen molar-refractivity contribution in [1.82, 2.24) is 0 Å². The molecule has 0 spiro atoms. The van der Waals surface area contributed by atoms with Gasteiger partial charge in [-0.3, -0.25) is 0 Å². The SMILES string of the molecule is CC(O)(CCCc1ccc(O)cc1)C(=O)O. The minimum absolute atomic E-state index is 0.210. The Bertz CT molecular complexity index is 354. The van der Waals surface area contributed by atoms with Gasteiger partial charge in [0.1, 0.15) is 5.75 Å². The van der Waals surface area contributed by atoms with E-state index in [2.05, 4.69) is 0 Å². The van der Waals surface area contributed by atoms with Crippen molar-refractivity contribution in [3.63, 3.8) is 0 Å². The zero-order valence-corrected chi connectivity index (χ0v) is 9.18. The van der Waals surface area contributed by atoms with Gasteiger partial charge in [0.05, 0.1) is 0 Å². The van der Waals surface area contributed by atoms with E-state index in [9.17, 15) is 9.90 Å². The van der Waals surface area contributed by atoms with Crippen LogP contribution in [0.4, 0.5) is 0 Å². The van der Waals surface area contributed by atoms with Gasteiger partial charge in [0.25, 0.3) is 0 Å². The Balaban J connectivity index is 2.41. The third kappa shape index (κ3) is 3.55. The van der Waals surface area contributed by atoms with Crippen molar-refractivity contribution in [1.29, 1.82) is 0 Å². The number of benzene rings is 1. The lowest BCUT2D eigenvalue weighted by atomic mass is 9.97. The number of aliphatic carboxylic acids is 1. The van der Waals surface area contributed by atoms with Crippen molar-refractivity contribution in [2.45, 2.75) is 31.8 Å². The summed E-state index contributed by atoms with van der Waals surface area (Å²) < 4.78 is 0. The summed E-state index contributed by atoms with van der Waals surface area (Å²) in [6.07, 6.45) is 1.48. The second-order valence-corrected chi connectivity index (χ2v) is 4.10. The molecular formula is C12H16O4. The topological polar surface area (TPSA) is 77.8 Å². The van der Waals surface area contributed by atoms with Crippen LogP contribution < -0.4 is 0 Å². The number of carboxylic acids is 1. The Morgan fingerprint density at radius 3 is 2.38 bits per heavy atom. The Morgan fingerprint density at radius 2 is 1.88 bits per heavy atom. The summed E-state index contributed by atoms with van der Waals surface area (Å²) in [4.78, 5) is 10.6. The summed E-state index contributed by atoms with van der Waals surface area (Å²) in [5, 5.41) is 27.2. The fraction of sp³-hybridized carbons (Fsp3) is 0.417. The van der Waals surface area contributed by atoms with E-state index in [0.717, 1.165) is 5.56 Å². The molecule has 0 saturated carbocycles. The Labute approximate surface area is 94.2 Å². The van der Waals surface area contributed by atoms with Gasteiger partial charge < -0.3 is 15.3 Å². The van der Waals surface area contributed by atoms with E-state index in [0.29, 0.717) is 12.8 Å². The molecule has 0 heterocycles. The molecule has 4 nitrogen and oxygen atoms in total. The Morgan fingerprint density at radius 1 is 1.31 bits per heavy atom. The van der Waals surface area contributed by atoms with Gasteiger partial charge in [-0.1, -0.05) is 12.1 Å². The lowest BCUT2D eigenvalue weighted by molar-refractivity contribution is -0.157. The first-order chi connectivity index (χ1) is 7.42. The van der Waals surface area contributed by atoms with Crippen LogP contribution in [0, 0.1) is 0 Å². The van der Waals surface area contributed by atoms with Crippen LogP contribution in [0.15, 0.2) is 24.3 Å². The third-order valence-corrected chi connectivity index (χ3v) is 2.53. The van der Waals surface area contributed by atoms with E-state index >= 15 is 0 Å². The lowest BCUT2D eigenvalue weighted by Gasteiger charge is -2.17. The van der Waals surface area contributed by atoms with Gasteiger partial charge in [0.15, 0.2) is 5.60 Å². The van der Waals surface area contributed by atoms with Crippen molar-refractivity contribution in [2.75, 3.05) is 0 Å². The molecule has 1 aromatic carbocycles. The predicted octanol–water partition coefficient (Wildman–Crippen LogP) is 1.55. The first-order valence-electron chi connectivity index (χ1n) is 5.15. The van der Waals surface area contributed by atoms with Gasteiger partial charge in [0, 0.05) is 0 Å². The molecular weight excluding hydrogens is 208 g/mol. The Kier molecular flexibility index (Phi) is 3.90. The number of carbonyl (C=O) groups is 1. The maximum atomic E-state index is 10.6. The maximum absolute atomic E-state index is 10.6. The lowest BCUT2D eigenvalue weighted by Crippen LogP contribution is -2.34. The van der Waals surface area contributed by atoms with Crippen LogP contribution in [0.2, 0.25) is 0 Å². The normalized spacial score (nSPS) is 14.4. The number of hydrogen-bond donors (Lipinski definition) is 3. The third-order valence-electron chi connectivity index (χ3n) is 2.53. The molecule has 0 bridgehead atoms. The van der Waals surface area contributed by atoms with Gasteiger partial charge in [-0.15, -0.1) is 0 Å². The van der Waals surface area contributed by atoms with Crippen LogP contribution in [0.5, 0.6) is 5.75 Å². The van der Waals surface area contributed by atoms with Gasteiger partial charge in [-0.05, 0) is 43.9 Å². The molecule has 1 atom stereocenters. The van der Waals surface area contributed by atoms with Crippen LogP contribution >= 0.6 is 0 Å². The second kappa shape index (κ2) is 4.99. The molecule has 0 amide bonds. The monoisotopic (exact) mass is 224 g/mol. The molecule has 0 aliphatic rings. The molecule has 1 unspecified atom stereocenters. The van der Waals surface area contributed by atoms with E-state index in [1.807, 2.05) is 0 Å². The number of hydrogen-bond acceptors (Lipinski definition) is 3. The van der Waals surface area contributed by atoms with Crippen molar-refractivity contribution >= 4 is 5.97 Å². The van der Waals surface area contributed by atoms with Crippen LogP contribution in [-0.2, 0) is 11.2 Å². The largest absolute Gasteiger partial charge is 0.508 e. The quantitative estimate of drug-likeness (QED) is 0.709. The number of aliphatic hydroxyl groups is 1. The Hall–Kier alpha value is -1.55. The number of rotatable bonds is 5. The fourth-order valence-electron chi connectivity index (χ4n) is 1.41. The average Bonchev–Trinajstić information content (AvgIpc) is 2.20. The van der Waals surface area contributed by atoms with E-state index in [1.54, 1.807) is 24.3 Å². The molecule has 1 aromatic rings. The van der Waals surface area contributed by atoms with Crippen molar-refractivity contribution < 1.29 is 20.1 Å². The first-order valence-corrected chi connectivity index (χ1v) is 5.15.